The molecule has 1 aromatic heterocycles. The van der Waals surface area contributed by atoms with Crippen LogP contribution >= 0.6 is 0 Å². The van der Waals surface area contributed by atoms with Crippen molar-refractivity contribution in [3.8, 4) is 11.3 Å². The molecule has 2 aromatic carbocycles. The summed E-state index contributed by atoms with van der Waals surface area (Å²) in [4.78, 5) is 36.9. The molecule has 1 saturated carbocycles. The predicted molar refractivity (Wildman–Crippen MR) is 136 cm³/mol. The Morgan fingerprint density at radius 3 is 2.49 bits per heavy atom. The SMILES string of the molecule is NC(=O)Cc1ccc(-c2ccnc(Nc3cccc(N4CCN(C(=O)CC5CC5)CC4)c3)n2)cc1. The number of primary amides is 1. The number of rotatable bonds is 8. The molecular weight excluding hydrogens is 440 g/mol. The maximum atomic E-state index is 12.4. The summed E-state index contributed by atoms with van der Waals surface area (Å²) in [6.07, 6.45) is 5.08. The number of hydrogen-bond donors (Lipinski definition) is 2. The molecule has 0 spiro atoms. The van der Waals surface area contributed by atoms with Crippen LogP contribution in [0.15, 0.2) is 60.8 Å². The van der Waals surface area contributed by atoms with E-state index < -0.39 is 0 Å². The summed E-state index contributed by atoms with van der Waals surface area (Å²) in [5.41, 5.74) is 9.90. The van der Waals surface area contributed by atoms with Crippen molar-refractivity contribution in [3.63, 3.8) is 0 Å². The minimum absolute atomic E-state index is 0.221. The normalized spacial score (nSPS) is 15.7. The van der Waals surface area contributed by atoms with Gasteiger partial charge in [0.1, 0.15) is 0 Å². The molecule has 1 aliphatic heterocycles. The van der Waals surface area contributed by atoms with E-state index in [1.807, 2.05) is 47.4 Å². The van der Waals surface area contributed by atoms with Crippen molar-refractivity contribution in [2.45, 2.75) is 25.7 Å². The number of hydrogen-bond acceptors (Lipinski definition) is 6. The highest BCUT2D eigenvalue weighted by atomic mass is 16.2. The molecule has 1 saturated heterocycles. The number of nitrogens with two attached hydrogens (primary N) is 1. The Morgan fingerprint density at radius 1 is 1.00 bits per heavy atom. The Kier molecular flexibility index (Phi) is 6.61. The molecule has 0 atom stereocenters. The summed E-state index contributed by atoms with van der Waals surface area (Å²) in [5, 5.41) is 3.31. The smallest absolute Gasteiger partial charge is 0.227 e. The van der Waals surface area contributed by atoms with Crippen molar-refractivity contribution >= 4 is 29.1 Å². The van der Waals surface area contributed by atoms with Crippen LogP contribution < -0.4 is 16.0 Å². The largest absolute Gasteiger partial charge is 0.369 e. The van der Waals surface area contributed by atoms with Crippen molar-refractivity contribution in [1.82, 2.24) is 14.9 Å². The molecule has 180 valence electrons. The topological polar surface area (TPSA) is 104 Å². The van der Waals surface area contributed by atoms with Crippen LogP contribution in [0.5, 0.6) is 0 Å². The molecule has 3 aromatic rings. The molecule has 2 fully saturated rings. The highest BCUT2D eigenvalue weighted by molar-refractivity contribution is 5.77. The lowest BCUT2D eigenvalue weighted by atomic mass is 10.1. The zero-order valence-corrected chi connectivity index (χ0v) is 19.7. The Morgan fingerprint density at radius 2 is 1.77 bits per heavy atom. The van der Waals surface area contributed by atoms with Gasteiger partial charge in [-0.25, -0.2) is 9.97 Å². The zero-order chi connectivity index (χ0) is 24.2. The quantitative estimate of drug-likeness (QED) is 0.523. The first-order valence-corrected chi connectivity index (χ1v) is 12.1. The van der Waals surface area contributed by atoms with Crippen LogP contribution in [0.4, 0.5) is 17.3 Å². The first kappa shape index (κ1) is 22.8. The van der Waals surface area contributed by atoms with Crippen LogP contribution in [0, 0.1) is 5.92 Å². The summed E-state index contributed by atoms with van der Waals surface area (Å²) >= 11 is 0. The maximum absolute atomic E-state index is 12.4. The van der Waals surface area contributed by atoms with Gasteiger partial charge in [0.15, 0.2) is 0 Å². The fraction of sp³-hybridized carbons (Fsp3) is 0.333. The zero-order valence-electron chi connectivity index (χ0n) is 19.7. The van der Waals surface area contributed by atoms with E-state index in [1.54, 1.807) is 6.20 Å². The summed E-state index contributed by atoms with van der Waals surface area (Å²) in [6.45, 7) is 3.20. The molecule has 0 radical (unpaired) electrons. The number of anilines is 3. The predicted octanol–water partition coefficient (Wildman–Crippen LogP) is 3.36. The molecule has 35 heavy (non-hydrogen) atoms. The van der Waals surface area contributed by atoms with Gasteiger partial charge >= 0.3 is 0 Å². The lowest BCUT2D eigenvalue weighted by molar-refractivity contribution is -0.131. The van der Waals surface area contributed by atoms with Crippen LogP contribution in [0.1, 0.15) is 24.8 Å². The minimum Gasteiger partial charge on any atom is -0.369 e. The second-order valence-electron chi connectivity index (χ2n) is 9.30. The second kappa shape index (κ2) is 10.1. The first-order valence-electron chi connectivity index (χ1n) is 12.1. The Labute approximate surface area is 205 Å². The number of nitrogens with one attached hydrogen (secondary N) is 1. The number of piperazine rings is 1. The molecule has 3 N–H and O–H groups in total. The van der Waals surface area contributed by atoms with Gasteiger partial charge in [0.05, 0.1) is 12.1 Å². The summed E-state index contributed by atoms with van der Waals surface area (Å²) in [5.74, 6) is 1.10. The molecule has 2 aliphatic rings. The third-order valence-corrected chi connectivity index (χ3v) is 6.54. The Balaban J connectivity index is 1.22. The van der Waals surface area contributed by atoms with E-state index in [-0.39, 0.29) is 12.3 Å². The van der Waals surface area contributed by atoms with Gasteiger partial charge in [-0.15, -0.1) is 0 Å². The third kappa shape index (κ3) is 5.95. The van der Waals surface area contributed by atoms with E-state index in [0.29, 0.717) is 17.8 Å². The molecule has 0 unspecified atom stereocenters. The van der Waals surface area contributed by atoms with Crippen molar-refractivity contribution in [2.24, 2.45) is 11.7 Å². The second-order valence-corrected chi connectivity index (χ2v) is 9.30. The van der Waals surface area contributed by atoms with E-state index >= 15 is 0 Å². The average Bonchev–Trinajstić information content (AvgIpc) is 3.69. The third-order valence-electron chi connectivity index (χ3n) is 6.54. The number of carbonyl (C=O) groups is 2. The van der Waals surface area contributed by atoms with Gasteiger partial charge in [0, 0.05) is 55.7 Å². The lowest BCUT2D eigenvalue weighted by Crippen LogP contribution is -2.48. The van der Waals surface area contributed by atoms with Crippen LogP contribution in [0.25, 0.3) is 11.3 Å². The van der Waals surface area contributed by atoms with E-state index in [1.165, 1.54) is 12.8 Å². The molecule has 8 heteroatoms. The number of benzene rings is 2. The van der Waals surface area contributed by atoms with Gasteiger partial charge in [0.2, 0.25) is 17.8 Å². The average molecular weight is 471 g/mol. The molecule has 2 amide bonds. The maximum Gasteiger partial charge on any atom is 0.227 e. The fourth-order valence-electron chi connectivity index (χ4n) is 4.40. The van der Waals surface area contributed by atoms with Crippen molar-refractivity contribution < 1.29 is 9.59 Å². The van der Waals surface area contributed by atoms with Gasteiger partial charge in [-0.3, -0.25) is 9.59 Å². The van der Waals surface area contributed by atoms with Crippen LogP contribution in [-0.4, -0.2) is 52.9 Å². The van der Waals surface area contributed by atoms with E-state index in [9.17, 15) is 9.59 Å². The number of carbonyl (C=O) groups excluding carboxylic acids is 2. The number of amides is 2. The van der Waals surface area contributed by atoms with Crippen molar-refractivity contribution in [3.05, 3.63) is 66.4 Å². The highest BCUT2D eigenvalue weighted by Crippen LogP contribution is 2.33. The Hall–Kier alpha value is -3.94. The minimum atomic E-state index is -0.350. The fourth-order valence-corrected chi connectivity index (χ4v) is 4.40. The highest BCUT2D eigenvalue weighted by Gasteiger charge is 2.28. The molecule has 1 aliphatic carbocycles. The van der Waals surface area contributed by atoms with Crippen LogP contribution in [0.3, 0.4) is 0 Å². The summed E-state index contributed by atoms with van der Waals surface area (Å²) in [6, 6.07) is 17.7. The number of nitrogens with zero attached hydrogens (tertiary/aromatic N) is 4. The van der Waals surface area contributed by atoms with Crippen molar-refractivity contribution in [2.75, 3.05) is 36.4 Å². The van der Waals surface area contributed by atoms with Gasteiger partial charge in [-0.05, 0) is 48.6 Å². The van der Waals surface area contributed by atoms with E-state index in [4.69, 9.17) is 5.73 Å². The lowest BCUT2D eigenvalue weighted by Gasteiger charge is -2.36. The molecule has 5 rings (SSSR count). The van der Waals surface area contributed by atoms with Crippen LogP contribution in [-0.2, 0) is 16.0 Å². The standard InChI is InChI=1S/C27H30N6O2/c28-25(34)16-19-6-8-21(9-7-19)24-10-11-29-27(31-24)30-22-2-1-3-23(18-22)32-12-14-33(15-13-32)26(35)17-20-4-5-20/h1-3,6-11,18,20H,4-5,12-17H2,(H2,28,34)(H,29,30,31). The summed E-state index contributed by atoms with van der Waals surface area (Å²) < 4.78 is 0. The molecular formula is C27H30N6O2. The summed E-state index contributed by atoms with van der Waals surface area (Å²) in [7, 11) is 0. The Bertz CT molecular complexity index is 1200. The molecule has 0 bridgehead atoms. The van der Waals surface area contributed by atoms with E-state index in [0.717, 1.165) is 60.8 Å². The van der Waals surface area contributed by atoms with Gasteiger partial charge < -0.3 is 20.9 Å². The molecule has 2 heterocycles. The first-order chi connectivity index (χ1) is 17.0. The van der Waals surface area contributed by atoms with Gasteiger partial charge in [0.25, 0.3) is 0 Å². The monoisotopic (exact) mass is 470 g/mol. The van der Waals surface area contributed by atoms with Crippen molar-refractivity contribution in [1.29, 1.82) is 0 Å². The van der Waals surface area contributed by atoms with E-state index in [2.05, 4.69) is 32.3 Å². The van der Waals surface area contributed by atoms with Crippen LogP contribution in [0.2, 0.25) is 0 Å². The van der Waals surface area contributed by atoms with Gasteiger partial charge in [-0.1, -0.05) is 30.3 Å². The number of aromatic nitrogens is 2. The van der Waals surface area contributed by atoms with Gasteiger partial charge in [-0.2, -0.15) is 0 Å². The molecule has 8 nitrogen and oxygen atoms in total.